The Morgan fingerprint density at radius 3 is 1.40 bits per heavy atom. The minimum Gasteiger partial charge on any atom is -0.489 e. The van der Waals surface area contributed by atoms with Gasteiger partial charge in [0.25, 0.3) is 11.8 Å². The quantitative estimate of drug-likeness (QED) is 0.0807. The van der Waals surface area contributed by atoms with E-state index in [1.165, 1.54) is 26.2 Å². The highest BCUT2D eigenvalue weighted by atomic mass is 79.9. The normalized spacial score (nSPS) is 11.4. The number of benzene rings is 4. The maximum absolute atomic E-state index is 12.8. The zero-order valence-corrected chi connectivity index (χ0v) is 37.8. The number of ether oxygens (including phenoxy) is 2. The molecular weight excluding hydrogens is 897 g/mol. The van der Waals surface area contributed by atoms with Crippen LogP contribution in [0.4, 0.5) is 0 Å². The number of amides is 4. The maximum Gasteiger partial charge on any atom is 0.251 e. The van der Waals surface area contributed by atoms with Crippen LogP contribution >= 0.6 is 39.1 Å². The third kappa shape index (κ3) is 15.2. The van der Waals surface area contributed by atoms with E-state index in [9.17, 15) is 19.2 Å². The second-order valence-electron chi connectivity index (χ2n) is 14.3. The molecule has 4 N–H and O–H groups in total. The lowest BCUT2D eigenvalue weighted by Crippen LogP contribution is -2.47. The fraction of sp³-hybridized carbons (Fsp3) is 0.340. The molecule has 0 fully saturated rings. The second-order valence-corrected chi connectivity index (χ2v) is 16.1. The number of aromatic nitrogens is 1. The zero-order valence-electron chi connectivity index (χ0n) is 34.7. The van der Waals surface area contributed by atoms with E-state index < -0.39 is 18.0 Å². The molecule has 0 spiro atoms. The molecule has 15 heteroatoms. The van der Waals surface area contributed by atoms with Gasteiger partial charge in [0.1, 0.15) is 29.3 Å². The van der Waals surface area contributed by atoms with E-state index in [1.54, 1.807) is 24.3 Å². The molecule has 334 valence electrons. The lowest BCUT2D eigenvalue weighted by atomic mass is 9.99. The molecule has 1 heterocycles. The van der Waals surface area contributed by atoms with Gasteiger partial charge < -0.3 is 35.3 Å². The lowest BCUT2D eigenvalue weighted by Gasteiger charge is -2.18. The molecule has 0 aliphatic rings. The van der Waals surface area contributed by atoms with Crippen LogP contribution in [0.2, 0.25) is 10.0 Å². The number of nitrogens with zero attached hydrogens (tertiary/aromatic N) is 1. The van der Waals surface area contributed by atoms with Gasteiger partial charge in [0, 0.05) is 48.1 Å². The zero-order chi connectivity index (χ0) is 44.1. The van der Waals surface area contributed by atoms with E-state index in [2.05, 4.69) is 42.4 Å². The topological polar surface area (TPSA) is 161 Å². The van der Waals surface area contributed by atoms with Gasteiger partial charge in [-0.1, -0.05) is 95.5 Å². The van der Waals surface area contributed by atoms with Crippen molar-refractivity contribution in [2.45, 2.75) is 93.5 Å². The summed E-state index contributed by atoms with van der Waals surface area (Å²) < 4.78 is 17.4. The molecule has 4 aromatic carbocycles. The van der Waals surface area contributed by atoms with Crippen LogP contribution in [0.5, 0.6) is 11.5 Å². The first-order valence-electron chi connectivity index (χ1n) is 19.2. The molecule has 2 unspecified atom stereocenters. The Balaban J connectivity index is 0.000000421. The first-order valence-corrected chi connectivity index (χ1v) is 20.8. The van der Waals surface area contributed by atoms with Crippen LogP contribution in [0.25, 0.3) is 11.1 Å². The van der Waals surface area contributed by atoms with Gasteiger partial charge in [0.2, 0.25) is 11.8 Å². The number of rotatable bonds is 15. The minimum absolute atomic E-state index is 0. The van der Waals surface area contributed by atoms with Crippen LogP contribution in [-0.2, 0) is 22.4 Å². The van der Waals surface area contributed by atoms with Gasteiger partial charge in [-0.05, 0) is 107 Å². The predicted molar refractivity (Wildman–Crippen MR) is 251 cm³/mol. The molecule has 62 heavy (non-hydrogen) atoms. The maximum atomic E-state index is 12.8. The largest absolute Gasteiger partial charge is 0.489 e. The van der Waals surface area contributed by atoms with E-state index in [1.807, 2.05) is 90.1 Å². The van der Waals surface area contributed by atoms with Crippen molar-refractivity contribution in [3.63, 3.8) is 0 Å². The lowest BCUT2D eigenvalue weighted by molar-refractivity contribution is -0.123. The van der Waals surface area contributed by atoms with Gasteiger partial charge in [-0.15, -0.1) is 0 Å². The molecular formula is C47H58BrCl2N5O7. The van der Waals surface area contributed by atoms with Crippen molar-refractivity contribution in [3.05, 3.63) is 133 Å². The number of halogens is 3. The molecule has 5 aromatic rings. The number of carbonyl (C=O) groups excluding carboxylic acids is 4. The summed E-state index contributed by atoms with van der Waals surface area (Å²) in [5.74, 6) is 0.443. The van der Waals surface area contributed by atoms with Gasteiger partial charge in [0.15, 0.2) is 0 Å². The van der Waals surface area contributed by atoms with Crippen LogP contribution in [0.15, 0.2) is 93.9 Å². The molecule has 0 bridgehead atoms. The molecule has 1 aromatic heterocycles. The average molecular weight is 956 g/mol. The third-order valence-electron chi connectivity index (χ3n) is 8.92. The number of carbonyl (C=O) groups is 4. The summed E-state index contributed by atoms with van der Waals surface area (Å²) in [6, 6.07) is 23.5. The standard InChI is InChI=1S/C25H28ClN3O4.C20H22BrClN2O3.2CH4/c1-14(2)32-22-11-10-19(13-20(22)26)24(30)28-21(25(31)27-5)12-17-6-8-18(9-7-17)23-15(3)29-33-16(23)4;1-12(2)27-18-9-6-14(11-16(18)22)19(25)24-17(20(26)23-3)10-13-4-7-15(21)8-5-13;;/h6-11,13-14,21H,12H2,1-5H3,(H,27,31)(H,28,30);4-9,11-12,17H,10H2,1-3H3,(H,23,26)(H,24,25);2*1H4. The monoisotopic (exact) mass is 953 g/mol. The average Bonchev–Trinajstić information content (AvgIpc) is 3.55. The van der Waals surface area contributed by atoms with Crippen molar-refractivity contribution < 1.29 is 33.2 Å². The van der Waals surface area contributed by atoms with Gasteiger partial charge in [-0.25, -0.2) is 0 Å². The molecule has 0 saturated carbocycles. The Bertz CT molecular complexity index is 2240. The summed E-state index contributed by atoms with van der Waals surface area (Å²) in [5, 5.41) is 15.5. The van der Waals surface area contributed by atoms with Crippen LogP contribution in [0, 0.1) is 13.8 Å². The molecule has 0 saturated heterocycles. The van der Waals surface area contributed by atoms with Crippen LogP contribution in [-0.4, -0.2) is 67.2 Å². The minimum atomic E-state index is -0.752. The van der Waals surface area contributed by atoms with Crippen LogP contribution in [0.3, 0.4) is 0 Å². The first-order chi connectivity index (χ1) is 28.5. The van der Waals surface area contributed by atoms with E-state index in [4.69, 9.17) is 37.2 Å². The molecule has 0 aliphatic carbocycles. The molecule has 5 rings (SSSR count). The fourth-order valence-electron chi connectivity index (χ4n) is 6.03. The molecule has 0 radical (unpaired) electrons. The van der Waals surface area contributed by atoms with E-state index in [0.717, 1.165) is 38.2 Å². The number of nitrogens with one attached hydrogen (secondary N) is 4. The molecule has 0 aliphatic heterocycles. The van der Waals surface area contributed by atoms with E-state index >= 15 is 0 Å². The van der Waals surface area contributed by atoms with Crippen molar-refractivity contribution in [2.24, 2.45) is 0 Å². The molecule has 2 atom stereocenters. The van der Waals surface area contributed by atoms with Crippen molar-refractivity contribution in [3.8, 4) is 22.6 Å². The van der Waals surface area contributed by atoms with E-state index in [-0.39, 0.29) is 44.8 Å². The first kappa shape index (κ1) is 52.8. The fourth-order valence-corrected chi connectivity index (χ4v) is 6.74. The van der Waals surface area contributed by atoms with Gasteiger partial charge in [-0.3, -0.25) is 19.2 Å². The SMILES string of the molecule is C.C.CNC(=O)C(Cc1ccc(-c2c(C)noc2C)cc1)NC(=O)c1ccc(OC(C)C)c(Cl)c1.CNC(=O)C(Cc1ccc(Br)cc1)NC(=O)c1ccc(OC(C)C)c(Cl)c1. The highest BCUT2D eigenvalue weighted by molar-refractivity contribution is 9.10. The third-order valence-corrected chi connectivity index (χ3v) is 10.0. The smallest absolute Gasteiger partial charge is 0.251 e. The van der Waals surface area contributed by atoms with Gasteiger partial charge in [-0.2, -0.15) is 0 Å². The van der Waals surface area contributed by atoms with Crippen molar-refractivity contribution in [2.75, 3.05) is 14.1 Å². The summed E-state index contributed by atoms with van der Waals surface area (Å²) >= 11 is 15.8. The Labute approximate surface area is 383 Å². The molecule has 12 nitrogen and oxygen atoms in total. The summed E-state index contributed by atoms with van der Waals surface area (Å²) in [7, 11) is 3.08. The Morgan fingerprint density at radius 1 is 0.661 bits per heavy atom. The summed E-state index contributed by atoms with van der Waals surface area (Å²) in [5.41, 5.74) is 5.30. The number of likely N-dealkylation sites (N-methyl/N-ethyl adjacent to an activating group) is 2. The van der Waals surface area contributed by atoms with Crippen molar-refractivity contribution in [1.29, 1.82) is 0 Å². The Kier molecular flexibility index (Phi) is 21.2. The number of hydrogen-bond acceptors (Lipinski definition) is 8. The van der Waals surface area contributed by atoms with E-state index in [0.29, 0.717) is 45.5 Å². The summed E-state index contributed by atoms with van der Waals surface area (Å²) in [6.45, 7) is 11.3. The Morgan fingerprint density at radius 2 is 1.06 bits per heavy atom. The predicted octanol–water partition coefficient (Wildman–Crippen LogP) is 9.74. The second kappa shape index (κ2) is 24.9. The highest BCUT2D eigenvalue weighted by Gasteiger charge is 2.23. The summed E-state index contributed by atoms with van der Waals surface area (Å²) in [4.78, 5) is 50.1. The van der Waals surface area contributed by atoms with Crippen molar-refractivity contribution >= 4 is 62.8 Å². The van der Waals surface area contributed by atoms with Gasteiger partial charge in [0.05, 0.1) is 27.9 Å². The van der Waals surface area contributed by atoms with Gasteiger partial charge >= 0.3 is 0 Å². The molecule has 4 amide bonds. The highest BCUT2D eigenvalue weighted by Crippen LogP contribution is 2.29. The van der Waals surface area contributed by atoms with Crippen molar-refractivity contribution in [1.82, 2.24) is 26.4 Å². The number of aryl methyl sites for hydroxylation is 2. The van der Waals surface area contributed by atoms with Crippen LogP contribution < -0.4 is 30.7 Å². The van der Waals surface area contributed by atoms with Crippen LogP contribution in [0.1, 0.15) is 85.8 Å². The summed E-state index contributed by atoms with van der Waals surface area (Å²) in [6.07, 6.45) is 0.644. The number of hydrogen-bond donors (Lipinski definition) is 4. The Hall–Kier alpha value is -5.37.